The summed E-state index contributed by atoms with van der Waals surface area (Å²) in [4.78, 5) is 0. The van der Waals surface area contributed by atoms with Gasteiger partial charge < -0.3 is 5.32 Å². The molecular formula is C18H15BrFN. The molecule has 0 saturated carbocycles. The van der Waals surface area contributed by atoms with E-state index in [-0.39, 0.29) is 11.9 Å². The second-order valence-corrected chi connectivity index (χ2v) is 5.81. The highest BCUT2D eigenvalue weighted by atomic mass is 79.9. The summed E-state index contributed by atoms with van der Waals surface area (Å²) in [5.74, 6) is -0.238. The van der Waals surface area contributed by atoms with E-state index < -0.39 is 0 Å². The third-order valence-electron chi connectivity index (χ3n) is 3.70. The molecule has 0 aliphatic carbocycles. The lowest BCUT2D eigenvalue weighted by Gasteiger charge is -2.20. The number of rotatable bonds is 3. The Morgan fingerprint density at radius 3 is 2.48 bits per heavy atom. The molecule has 3 aromatic carbocycles. The first-order valence-corrected chi connectivity index (χ1v) is 7.60. The Kier molecular flexibility index (Phi) is 4.04. The zero-order valence-electron chi connectivity index (χ0n) is 11.6. The lowest BCUT2D eigenvalue weighted by Crippen LogP contribution is -2.18. The van der Waals surface area contributed by atoms with Crippen LogP contribution in [-0.4, -0.2) is 7.05 Å². The van der Waals surface area contributed by atoms with E-state index >= 15 is 0 Å². The van der Waals surface area contributed by atoms with Gasteiger partial charge in [0.15, 0.2) is 0 Å². The maximum atomic E-state index is 13.3. The van der Waals surface area contributed by atoms with Crippen molar-refractivity contribution in [2.75, 3.05) is 7.05 Å². The highest BCUT2D eigenvalue weighted by Gasteiger charge is 2.17. The average molecular weight is 344 g/mol. The van der Waals surface area contributed by atoms with E-state index in [1.807, 2.05) is 25.2 Å². The Hall–Kier alpha value is -1.71. The normalized spacial score (nSPS) is 12.5. The first kappa shape index (κ1) is 14.2. The second kappa shape index (κ2) is 5.96. The van der Waals surface area contributed by atoms with Crippen molar-refractivity contribution in [3.8, 4) is 0 Å². The molecule has 3 aromatic rings. The number of hydrogen-bond acceptors (Lipinski definition) is 1. The predicted molar refractivity (Wildman–Crippen MR) is 89.0 cm³/mol. The molecule has 3 rings (SSSR count). The summed E-state index contributed by atoms with van der Waals surface area (Å²) in [5.41, 5.74) is 2.21. The lowest BCUT2D eigenvalue weighted by molar-refractivity contribution is 0.622. The van der Waals surface area contributed by atoms with Crippen molar-refractivity contribution in [1.29, 1.82) is 0 Å². The molecule has 1 unspecified atom stereocenters. The van der Waals surface area contributed by atoms with Gasteiger partial charge >= 0.3 is 0 Å². The van der Waals surface area contributed by atoms with Gasteiger partial charge in [-0.3, -0.25) is 0 Å². The van der Waals surface area contributed by atoms with Gasteiger partial charge in [-0.1, -0.05) is 64.5 Å². The van der Waals surface area contributed by atoms with Crippen molar-refractivity contribution >= 4 is 26.7 Å². The fourth-order valence-corrected chi connectivity index (χ4v) is 3.30. The van der Waals surface area contributed by atoms with Crippen molar-refractivity contribution in [2.24, 2.45) is 0 Å². The minimum absolute atomic E-state index is 0.00562. The molecule has 0 radical (unpaired) electrons. The molecule has 0 bridgehead atoms. The highest BCUT2D eigenvalue weighted by molar-refractivity contribution is 9.10. The second-order valence-electron chi connectivity index (χ2n) is 4.96. The first-order chi connectivity index (χ1) is 10.2. The molecule has 21 heavy (non-hydrogen) atoms. The Labute approximate surface area is 131 Å². The maximum Gasteiger partial charge on any atom is 0.124 e. The van der Waals surface area contributed by atoms with Crippen LogP contribution in [0.4, 0.5) is 4.39 Å². The van der Waals surface area contributed by atoms with Crippen molar-refractivity contribution in [2.45, 2.75) is 6.04 Å². The summed E-state index contributed by atoms with van der Waals surface area (Å²) in [6, 6.07) is 19.4. The van der Waals surface area contributed by atoms with Crippen LogP contribution in [0, 0.1) is 5.82 Å². The fraction of sp³-hybridized carbons (Fsp3) is 0.111. The molecule has 1 N–H and O–H groups in total. The monoisotopic (exact) mass is 343 g/mol. The number of fused-ring (bicyclic) bond motifs is 1. The minimum atomic E-state index is -0.238. The number of halogens is 2. The molecule has 0 heterocycles. The van der Waals surface area contributed by atoms with E-state index in [1.54, 1.807) is 0 Å². The van der Waals surface area contributed by atoms with Crippen molar-refractivity contribution in [1.82, 2.24) is 5.32 Å². The van der Waals surface area contributed by atoms with Gasteiger partial charge in [0.1, 0.15) is 5.82 Å². The molecule has 0 aliphatic heterocycles. The molecule has 0 aliphatic rings. The third kappa shape index (κ3) is 2.71. The molecule has 1 atom stereocenters. The average Bonchev–Trinajstić information content (AvgIpc) is 2.50. The summed E-state index contributed by atoms with van der Waals surface area (Å²) in [6.07, 6.45) is 0. The molecule has 1 nitrogen and oxygen atoms in total. The van der Waals surface area contributed by atoms with Crippen LogP contribution in [0.1, 0.15) is 17.2 Å². The van der Waals surface area contributed by atoms with Crippen LogP contribution in [0.2, 0.25) is 0 Å². The van der Waals surface area contributed by atoms with E-state index in [0.717, 1.165) is 10.0 Å². The molecule has 0 spiro atoms. The van der Waals surface area contributed by atoms with Crippen molar-refractivity contribution in [3.63, 3.8) is 0 Å². The van der Waals surface area contributed by atoms with Crippen molar-refractivity contribution < 1.29 is 4.39 Å². The highest BCUT2D eigenvalue weighted by Crippen LogP contribution is 2.32. The van der Waals surface area contributed by atoms with Crippen LogP contribution >= 0.6 is 15.9 Å². The summed E-state index contributed by atoms with van der Waals surface area (Å²) in [5, 5.41) is 5.74. The van der Waals surface area contributed by atoms with Gasteiger partial charge in [-0.25, -0.2) is 4.39 Å². The van der Waals surface area contributed by atoms with E-state index in [1.165, 1.54) is 28.5 Å². The van der Waals surface area contributed by atoms with Gasteiger partial charge in [0.05, 0.1) is 6.04 Å². The summed E-state index contributed by atoms with van der Waals surface area (Å²) < 4.78 is 14.1. The van der Waals surface area contributed by atoms with Crippen LogP contribution in [-0.2, 0) is 0 Å². The maximum absolute atomic E-state index is 13.3. The fourth-order valence-electron chi connectivity index (χ4n) is 2.72. The summed E-state index contributed by atoms with van der Waals surface area (Å²) in [7, 11) is 1.92. The van der Waals surface area contributed by atoms with Gasteiger partial charge in [-0.05, 0) is 41.1 Å². The molecular weight excluding hydrogens is 329 g/mol. The van der Waals surface area contributed by atoms with E-state index in [0.29, 0.717) is 0 Å². The summed E-state index contributed by atoms with van der Waals surface area (Å²) >= 11 is 3.47. The summed E-state index contributed by atoms with van der Waals surface area (Å²) in [6.45, 7) is 0. The van der Waals surface area contributed by atoms with Gasteiger partial charge in [-0.2, -0.15) is 0 Å². The third-order valence-corrected chi connectivity index (χ3v) is 4.38. The smallest absolute Gasteiger partial charge is 0.124 e. The van der Waals surface area contributed by atoms with Gasteiger partial charge in [-0.15, -0.1) is 0 Å². The number of hydrogen-bond donors (Lipinski definition) is 1. The Morgan fingerprint density at radius 2 is 1.71 bits per heavy atom. The van der Waals surface area contributed by atoms with Crippen LogP contribution in [0.3, 0.4) is 0 Å². The van der Waals surface area contributed by atoms with E-state index in [4.69, 9.17) is 0 Å². The quantitative estimate of drug-likeness (QED) is 0.701. The Balaban J connectivity index is 2.18. The lowest BCUT2D eigenvalue weighted by atomic mass is 9.94. The van der Waals surface area contributed by atoms with Crippen LogP contribution < -0.4 is 5.32 Å². The van der Waals surface area contributed by atoms with Crippen LogP contribution in [0.15, 0.2) is 65.1 Å². The molecule has 0 fully saturated rings. The first-order valence-electron chi connectivity index (χ1n) is 6.80. The molecule has 0 aromatic heterocycles. The zero-order valence-corrected chi connectivity index (χ0v) is 13.2. The van der Waals surface area contributed by atoms with Crippen molar-refractivity contribution in [3.05, 3.63) is 82.1 Å². The van der Waals surface area contributed by atoms with Crippen LogP contribution in [0.25, 0.3) is 10.8 Å². The van der Waals surface area contributed by atoms with Gasteiger partial charge in [0, 0.05) is 4.47 Å². The number of benzene rings is 3. The minimum Gasteiger partial charge on any atom is -0.309 e. The standard InChI is InChI=1S/C18H15BrFN/c1-21-18(16-10-9-13(20)11-17(16)19)15-8-4-6-12-5-2-3-7-14(12)15/h2-11,18,21H,1H3. The molecule has 3 heteroatoms. The predicted octanol–water partition coefficient (Wildman–Crippen LogP) is 5.05. The van der Waals surface area contributed by atoms with E-state index in [9.17, 15) is 4.39 Å². The molecule has 0 amide bonds. The zero-order chi connectivity index (χ0) is 14.8. The molecule has 106 valence electrons. The number of nitrogens with one attached hydrogen (secondary N) is 1. The van der Waals surface area contributed by atoms with E-state index in [2.05, 4.69) is 51.6 Å². The topological polar surface area (TPSA) is 12.0 Å². The SMILES string of the molecule is CNC(c1ccc(F)cc1Br)c1cccc2ccccc12. The largest absolute Gasteiger partial charge is 0.309 e. The van der Waals surface area contributed by atoms with Crippen LogP contribution in [0.5, 0.6) is 0 Å². The Bertz CT molecular complexity index is 780. The molecule has 0 saturated heterocycles. The Morgan fingerprint density at radius 1 is 0.952 bits per heavy atom. The van der Waals surface area contributed by atoms with Gasteiger partial charge in [0.2, 0.25) is 0 Å². The van der Waals surface area contributed by atoms with Gasteiger partial charge in [0.25, 0.3) is 0 Å².